The second kappa shape index (κ2) is 9.84. The fourth-order valence-electron chi connectivity index (χ4n) is 2.31. The van der Waals surface area contributed by atoms with Crippen LogP contribution < -0.4 is 10.6 Å². The summed E-state index contributed by atoms with van der Waals surface area (Å²) in [7, 11) is 7.39. The monoisotopic (exact) mass is 320 g/mol. The van der Waals surface area contributed by atoms with Crippen molar-refractivity contribution in [2.75, 3.05) is 41.3 Å². The van der Waals surface area contributed by atoms with Crippen molar-refractivity contribution >= 4 is 11.9 Å². The first kappa shape index (κ1) is 19.0. The predicted octanol–water partition coefficient (Wildman–Crippen LogP) is 1.46. The van der Waals surface area contributed by atoms with Gasteiger partial charge >= 0.3 is 6.03 Å². The summed E-state index contributed by atoms with van der Waals surface area (Å²) in [4.78, 5) is 27.3. The molecule has 1 rings (SSSR count). The van der Waals surface area contributed by atoms with Crippen molar-refractivity contribution in [1.82, 2.24) is 20.4 Å². The second-order valence-corrected chi connectivity index (χ2v) is 5.81. The summed E-state index contributed by atoms with van der Waals surface area (Å²) in [6, 6.07) is 9.84. The van der Waals surface area contributed by atoms with E-state index >= 15 is 0 Å². The summed E-state index contributed by atoms with van der Waals surface area (Å²) in [6.07, 6.45) is 1.04. The number of rotatable bonds is 8. The highest BCUT2D eigenvalue weighted by atomic mass is 16.2. The lowest BCUT2D eigenvalue weighted by atomic mass is 10.1. The molecule has 6 nitrogen and oxygen atoms in total. The molecule has 0 fully saturated rings. The van der Waals surface area contributed by atoms with Crippen molar-refractivity contribution < 1.29 is 9.59 Å². The molecule has 0 radical (unpaired) electrons. The van der Waals surface area contributed by atoms with E-state index in [4.69, 9.17) is 0 Å². The highest BCUT2D eigenvalue weighted by Gasteiger charge is 2.21. The Balaban J connectivity index is 2.60. The quantitative estimate of drug-likeness (QED) is 0.713. The average molecular weight is 320 g/mol. The van der Waals surface area contributed by atoms with E-state index in [1.165, 1.54) is 0 Å². The Morgan fingerprint density at radius 1 is 1.13 bits per heavy atom. The lowest BCUT2D eigenvalue weighted by molar-refractivity contribution is -0.120. The normalized spacial score (nSPS) is 11.9. The van der Waals surface area contributed by atoms with Crippen LogP contribution in [-0.4, -0.2) is 63.0 Å². The van der Waals surface area contributed by atoms with Crippen LogP contribution in [0.25, 0.3) is 0 Å². The number of likely N-dealkylation sites (N-methyl/N-ethyl adjacent to an activating group) is 2. The third-order valence-electron chi connectivity index (χ3n) is 3.65. The van der Waals surface area contributed by atoms with Crippen molar-refractivity contribution in [3.05, 3.63) is 35.9 Å². The third kappa shape index (κ3) is 6.69. The van der Waals surface area contributed by atoms with Gasteiger partial charge in [-0.1, -0.05) is 30.3 Å². The summed E-state index contributed by atoms with van der Waals surface area (Å²) in [5, 5.41) is 5.44. The Bertz CT molecular complexity index is 491. The van der Waals surface area contributed by atoms with Gasteiger partial charge in [0, 0.05) is 33.6 Å². The van der Waals surface area contributed by atoms with E-state index in [0.717, 1.165) is 12.1 Å². The lowest BCUT2D eigenvalue weighted by Crippen LogP contribution is -2.43. The fourth-order valence-corrected chi connectivity index (χ4v) is 2.31. The van der Waals surface area contributed by atoms with E-state index in [0.29, 0.717) is 19.4 Å². The topological polar surface area (TPSA) is 64.7 Å². The molecule has 0 saturated heterocycles. The van der Waals surface area contributed by atoms with Crippen LogP contribution in [0.15, 0.2) is 30.3 Å². The van der Waals surface area contributed by atoms with Crippen molar-refractivity contribution in [2.45, 2.75) is 18.9 Å². The average Bonchev–Trinajstić information content (AvgIpc) is 2.56. The van der Waals surface area contributed by atoms with Gasteiger partial charge in [0.05, 0.1) is 6.04 Å². The zero-order valence-corrected chi connectivity index (χ0v) is 14.5. The first-order valence-corrected chi connectivity index (χ1v) is 7.86. The van der Waals surface area contributed by atoms with Gasteiger partial charge in [-0.25, -0.2) is 4.79 Å². The van der Waals surface area contributed by atoms with Gasteiger partial charge in [0.2, 0.25) is 5.91 Å². The number of carbonyl (C=O) groups is 2. The summed E-state index contributed by atoms with van der Waals surface area (Å²) in [5.41, 5.74) is 1.10. The maximum absolute atomic E-state index is 12.3. The molecule has 0 aromatic heterocycles. The van der Waals surface area contributed by atoms with Crippen LogP contribution in [0.5, 0.6) is 0 Å². The molecule has 6 heteroatoms. The molecule has 2 N–H and O–H groups in total. The zero-order chi connectivity index (χ0) is 17.2. The maximum Gasteiger partial charge on any atom is 0.317 e. The molecule has 0 heterocycles. The molecule has 1 aromatic carbocycles. The zero-order valence-electron chi connectivity index (χ0n) is 14.5. The molecule has 0 aliphatic rings. The molecule has 0 aliphatic carbocycles. The van der Waals surface area contributed by atoms with Crippen LogP contribution in [0.1, 0.15) is 24.4 Å². The number of nitrogens with one attached hydrogen (secondary N) is 2. The molecule has 0 aliphatic heterocycles. The highest BCUT2D eigenvalue weighted by Crippen LogP contribution is 2.19. The number of hydrogen-bond acceptors (Lipinski definition) is 3. The largest absolute Gasteiger partial charge is 0.359 e. The van der Waals surface area contributed by atoms with Crippen LogP contribution in [0.3, 0.4) is 0 Å². The van der Waals surface area contributed by atoms with E-state index in [1.54, 1.807) is 19.0 Å². The van der Waals surface area contributed by atoms with Gasteiger partial charge in [-0.2, -0.15) is 0 Å². The molecule has 0 spiro atoms. The molecule has 1 atom stereocenters. The van der Waals surface area contributed by atoms with Crippen LogP contribution in [0, 0.1) is 0 Å². The molecule has 0 saturated carbocycles. The van der Waals surface area contributed by atoms with Crippen LogP contribution in [0.4, 0.5) is 4.79 Å². The Labute approximate surface area is 138 Å². The van der Waals surface area contributed by atoms with E-state index in [1.807, 2.05) is 44.4 Å². The minimum absolute atomic E-state index is 0.0117. The Hall–Kier alpha value is -2.08. The van der Waals surface area contributed by atoms with Crippen LogP contribution in [0.2, 0.25) is 0 Å². The minimum Gasteiger partial charge on any atom is -0.359 e. The number of nitrogens with zero attached hydrogens (tertiary/aromatic N) is 2. The molecule has 0 unspecified atom stereocenters. The number of amides is 3. The molecular weight excluding hydrogens is 292 g/mol. The fraction of sp³-hybridized carbons (Fsp3) is 0.529. The first-order valence-electron chi connectivity index (χ1n) is 7.86. The summed E-state index contributed by atoms with van der Waals surface area (Å²) < 4.78 is 0. The van der Waals surface area contributed by atoms with Gasteiger partial charge in [0.15, 0.2) is 0 Å². The smallest absolute Gasteiger partial charge is 0.317 e. The van der Waals surface area contributed by atoms with Gasteiger partial charge in [-0.3, -0.25) is 4.79 Å². The van der Waals surface area contributed by atoms with Crippen LogP contribution in [-0.2, 0) is 4.79 Å². The van der Waals surface area contributed by atoms with Crippen molar-refractivity contribution in [3.8, 4) is 0 Å². The molecule has 1 aromatic rings. The highest BCUT2D eigenvalue weighted by molar-refractivity contribution is 5.76. The molecular formula is C17H28N4O2. The second-order valence-electron chi connectivity index (χ2n) is 5.81. The summed E-state index contributed by atoms with van der Waals surface area (Å²) in [6.45, 7) is 1.23. The Morgan fingerprint density at radius 2 is 1.78 bits per heavy atom. The van der Waals surface area contributed by atoms with Crippen molar-refractivity contribution in [2.24, 2.45) is 0 Å². The number of hydrogen-bond donors (Lipinski definition) is 2. The molecule has 0 bridgehead atoms. The van der Waals surface area contributed by atoms with E-state index in [-0.39, 0.29) is 18.0 Å². The van der Waals surface area contributed by atoms with Gasteiger partial charge < -0.3 is 20.4 Å². The maximum atomic E-state index is 12.3. The standard InChI is InChI=1S/C17H28N4O2/c1-18-16(22)11-8-12-19-17(23)21(4)15(13-20(2)3)14-9-6-5-7-10-14/h5-7,9-10,15H,8,11-13H2,1-4H3,(H,18,22)(H,19,23)/t15-/m0/s1. The molecule has 23 heavy (non-hydrogen) atoms. The minimum atomic E-state index is -0.127. The Kier molecular flexibility index (Phi) is 8.11. The Morgan fingerprint density at radius 3 is 2.35 bits per heavy atom. The SMILES string of the molecule is CNC(=O)CCCNC(=O)N(C)[C@@H](CN(C)C)c1ccccc1. The van der Waals surface area contributed by atoms with E-state index in [9.17, 15) is 9.59 Å². The van der Waals surface area contributed by atoms with Gasteiger partial charge in [0.1, 0.15) is 0 Å². The first-order chi connectivity index (χ1) is 11.0. The number of carbonyl (C=O) groups excluding carboxylic acids is 2. The third-order valence-corrected chi connectivity index (χ3v) is 3.65. The summed E-state index contributed by atoms with van der Waals surface area (Å²) in [5.74, 6) is -0.0117. The lowest BCUT2D eigenvalue weighted by Gasteiger charge is -2.31. The van der Waals surface area contributed by atoms with Crippen LogP contribution >= 0.6 is 0 Å². The van der Waals surface area contributed by atoms with Crippen molar-refractivity contribution in [1.29, 1.82) is 0 Å². The van der Waals surface area contributed by atoms with Gasteiger partial charge in [-0.05, 0) is 26.1 Å². The van der Waals surface area contributed by atoms with E-state index < -0.39 is 0 Å². The van der Waals surface area contributed by atoms with Gasteiger partial charge in [0.25, 0.3) is 0 Å². The molecule has 3 amide bonds. The number of urea groups is 1. The summed E-state index contributed by atoms with van der Waals surface area (Å²) >= 11 is 0. The number of benzene rings is 1. The van der Waals surface area contributed by atoms with Gasteiger partial charge in [-0.15, -0.1) is 0 Å². The predicted molar refractivity (Wildman–Crippen MR) is 92.2 cm³/mol. The molecule has 128 valence electrons. The van der Waals surface area contributed by atoms with Crippen molar-refractivity contribution in [3.63, 3.8) is 0 Å². The van der Waals surface area contributed by atoms with E-state index in [2.05, 4.69) is 15.5 Å².